The van der Waals surface area contributed by atoms with Crippen LogP contribution in [0.1, 0.15) is 24.8 Å². The Kier molecular flexibility index (Phi) is 5.62. The standard InChI is InChI=1S/C26H30N4O2/c1-32-24-8-3-2-7-21(24)23-16-29-26-22(23)14-19(15-28-26)17-5-4-6-18(13-17)25(27)30-11-9-20(31)10-12-30/h2-8,14,16,18,20,27-29,31H,9-13,15H2,1H3. The smallest absolute Gasteiger partial charge is 0.126 e. The van der Waals surface area contributed by atoms with Crippen LogP contribution in [0.3, 0.4) is 0 Å². The predicted octanol–water partition coefficient (Wildman–Crippen LogP) is 4.44. The molecule has 1 aromatic carbocycles. The minimum Gasteiger partial charge on any atom is -0.496 e. The number of aromatic amines is 1. The zero-order valence-corrected chi connectivity index (χ0v) is 18.4. The SMILES string of the molecule is COc1ccccc1-c1c[nH]c2c1C=C(C1=CC=CC(C(=N)N3CCC(O)CC3)C1)CN2. The first-order valence-electron chi connectivity index (χ1n) is 11.3. The van der Waals surface area contributed by atoms with E-state index in [4.69, 9.17) is 10.1 Å². The molecule has 0 saturated carbocycles. The number of benzene rings is 1. The van der Waals surface area contributed by atoms with Gasteiger partial charge >= 0.3 is 0 Å². The number of amidine groups is 1. The van der Waals surface area contributed by atoms with Crippen molar-refractivity contribution in [3.8, 4) is 16.9 Å². The van der Waals surface area contributed by atoms with E-state index in [2.05, 4.69) is 45.6 Å². The average molecular weight is 431 g/mol. The second-order valence-electron chi connectivity index (χ2n) is 8.71. The summed E-state index contributed by atoms with van der Waals surface area (Å²) in [7, 11) is 1.70. The number of likely N-dealkylation sites (tertiary alicyclic amines) is 1. The highest BCUT2D eigenvalue weighted by molar-refractivity contribution is 5.88. The molecule has 6 nitrogen and oxygen atoms in total. The number of aliphatic hydroxyl groups is 1. The van der Waals surface area contributed by atoms with Gasteiger partial charge in [-0.2, -0.15) is 0 Å². The van der Waals surface area contributed by atoms with E-state index in [-0.39, 0.29) is 12.0 Å². The molecule has 1 atom stereocenters. The molecular formula is C26H30N4O2. The number of aliphatic hydroxyl groups excluding tert-OH is 1. The van der Waals surface area contributed by atoms with Gasteiger partial charge < -0.3 is 25.0 Å². The Morgan fingerprint density at radius 1 is 1.16 bits per heavy atom. The largest absolute Gasteiger partial charge is 0.496 e. The summed E-state index contributed by atoms with van der Waals surface area (Å²) in [6, 6.07) is 8.08. The molecule has 0 amide bonds. The van der Waals surface area contributed by atoms with Crippen LogP contribution < -0.4 is 10.1 Å². The first-order chi connectivity index (χ1) is 15.6. The number of ether oxygens (including phenoxy) is 1. The van der Waals surface area contributed by atoms with Crippen LogP contribution in [0, 0.1) is 11.3 Å². The Hall–Kier alpha value is -3.25. The number of methoxy groups -OCH3 is 1. The highest BCUT2D eigenvalue weighted by Gasteiger charge is 2.27. The third kappa shape index (κ3) is 3.86. The third-order valence-corrected chi connectivity index (χ3v) is 6.74. The number of hydrogen-bond acceptors (Lipinski definition) is 4. The predicted molar refractivity (Wildman–Crippen MR) is 129 cm³/mol. The minimum absolute atomic E-state index is 0.0763. The van der Waals surface area contributed by atoms with Crippen molar-refractivity contribution in [2.24, 2.45) is 5.92 Å². The van der Waals surface area contributed by atoms with Crippen LogP contribution in [0.2, 0.25) is 0 Å². The number of allylic oxidation sites excluding steroid dienone is 2. The van der Waals surface area contributed by atoms with Gasteiger partial charge in [-0.15, -0.1) is 0 Å². The van der Waals surface area contributed by atoms with Crippen molar-refractivity contribution < 1.29 is 9.84 Å². The van der Waals surface area contributed by atoms with E-state index in [9.17, 15) is 5.11 Å². The summed E-state index contributed by atoms with van der Waals surface area (Å²) in [5, 5.41) is 22.1. The fraction of sp³-hybridized carbons (Fsp3) is 0.346. The van der Waals surface area contributed by atoms with E-state index in [1.165, 1.54) is 11.1 Å². The summed E-state index contributed by atoms with van der Waals surface area (Å²) in [6.07, 6.45) is 12.8. The molecule has 0 radical (unpaired) electrons. The van der Waals surface area contributed by atoms with Crippen LogP contribution in [0.25, 0.3) is 17.2 Å². The maximum Gasteiger partial charge on any atom is 0.126 e. The first-order valence-corrected chi connectivity index (χ1v) is 11.3. The molecule has 3 heterocycles. The number of hydrogen-bond donors (Lipinski definition) is 4. The van der Waals surface area contributed by atoms with Crippen molar-refractivity contribution in [3.63, 3.8) is 0 Å². The van der Waals surface area contributed by atoms with Gasteiger partial charge in [0.05, 0.1) is 13.2 Å². The Bertz CT molecular complexity index is 1100. The van der Waals surface area contributed by atoms with Gasteiger partial charge in [-0.25, -0.2) is 0 Å². The summed E-state index contributed by atoms with van der Waals surface area (Å²) in [4.78, 5) is 5.49. The fourth-order valence-corrected chi connectivity index (χ4v) is 4.88. The van der Waals surface area contributed by atoms with Crippen LogP contribution in [0.15, 0.2) is 59.8 Å². The van der Waals surface area contributed by atoms with Crippen LogP contribution in [0.5, 0.6) is 5.75 Å². The Morgan fingerprint density at radius 2 is 1.97 bits per heavy atom. The number of nitrogens with one attached hydrogen (secondary N) is 3. The Balaban J connectivity index is 1.38. The third-order valence-electron chi connectivity index (χ3n) is 6.74. The molecule has 2 aliphatic heterocycles. The second-order valence-corrected chi connectivity index (χ2v) is 8.71. The fourth-order valence-electron chi connectivity index (χ4n) is 4.88. The van der Waals surface area contributed by atoms with Gasteiger partial charge in [0.25, 0.3) is 0 Å². The molecule has 2 aromatic rings. The van der Waals surface area contributed by atoms with Gasteiger partial charge in [0.1, 0.15) is 17.4 Å². The number of nitrogens with zero attached hydrogens (tertiary/aromatic N) is 1. The molecule has 1 unspecified atom stereocenters. The van der Waals surface area contributed by atoms with Crippen LogP contribution in [0.4, 0.5) is 5.82 Å². The number of H-pyrrole nitrogens is 1. The van der Waals surface area contributed by atoms with Crippen molar-refractivity contribution in [2.75, 3.05) is 32.1 Å². The number of anilines is 1. The molecule has 0 bridgehead atoms. The second kappa shape index (κ2) is 8.71. The van der Waals surface area contributed by atoms with Crippen LogP contribution in [-0.4, -0.2) is 53.7 Å². The number of piperidine rings is 1. The maximum absolute atomic E-state index is 9.79. The first kappa shape index (κ1) is 20.6. The lowest BCUT2D eigenvalue weighted by atomic mass is 9.86. The lowest BCUT2D eigenvalue weighted by Gasteiger charge is -2.35. The lowest BCUT2D eigenvalue weighted by molar-refractivity contribution is 0.107. The van der Waals surface area contributed by atoms with Gasteiger partial charge in [0.15, 0.2) is 0 Å². The molecule has 1 fully saturated rings. The molecule has 3 aliphatic rings. The molecule has 4 N–H and O–H groups in total. The molecule has 6 heteroatoms. The van der Waals surface area contributed by atoms with Crippen LogP contribution >= 0.6 is 0 Å². The zero-order valence-electron chi connectivity index (χ0n) is 18.4. The van der Waals surface area contributed by atoms with Crippen molar-refractivity contribution in [1.29, 1.82) is 5.41 Å². The van der Waals surface area contributed by atoms with E-state index in [1.54, 1.807) is 7.11 Å². The molecule has 166 valence electrons. The van der Waals surface area contributed by atoms with Crippen molar-refractivity contribution >= 4 is 17.7 Å². The molecule has 1 aliphatic carbocycles. The Labute approximate surface area is 188 Å². The minimum atomic E-state index is -0.220. The molecule has 5 rings (SSSR count). The zero-order chi connectivity index (χ0) is 22.1. The average Bonchev–Trinajstić information content (AvgIpc) is 3.27. The van der Waals surface area contributed by atoms with Crippen molar-refractivity contribution in [2.45, 2.75) is 25.4 Å². The number of fused-ring (bicyclic) bond motifs is 1. The van der Waals surface area contributed by atoms with E-state index in [1.807, 2.05) is 24.4 Å². The monoisotopic (exact) mass is 430 g/mol. The number of rotatable bonds is 4. The molecule has 32 heavy (non-hydrogen) atoms. The van der Waals surface area contributed by atoms with Gasteiger partial charge in [0.2, 0.25) is 0 Å². The molecule has 0 spiro atoms. The van der Waals surface area contributed by atoms with Gasteiger partial charge in [-0.3, -0.25) is 5.41 Å². The highest BCUT2D eigenvalue weighted by Crippen LogP contribution is 2.40. The summed E-state index contributed by atoms with van der Waals surface area (Å²) >= 11 is 0. The number of aromatic nitrogens is 1. The van der Waals surface area contributed by atoms with Crippen molar-refractivity contribution in [1.82, 2.24) is 9.88 Å². The van der Waals surface area contributed by atoms with Crippen molar-refractivity contribution in [3.05, 3.63) is 65.4 Å². The van der Waals surface area contributed by atoms with Gasteiger partial charge in [0, 0.05) is 48.4 Å². The van der Waals surface area contributed by atoms with E-state index < -0.39 is 0 Å². The quantitative estimate of drug-likeness (QED) is 0.427. The normalized spacial score (nSPS) is 20.8. The van der Waals surface area contributed by atoms with E-state index in [0.717, 1.165) is 67.2 Å². The van der Waals surface area contributed by atoms with Crippen LogP contribution in [-0.2, 0) is 0 Å². The van der Waals surface area contributed by atoms with E-state index in [0.29, 0.717) is 5.84 Å². The van der Waals surface area contributed by atoms with Gasteiger partial charge in [-0.1, -0.05) is 36.4 Å². The van der Waals surface area contributed by atoms with Gasteiger partial charge in [-0.05, 0) is 42.6 Å². The summed E-state index contributed by atoms with van der Waals surface area (Å²) in [5.74, 6) is 2.63. The topological polar surface area (TPSA) is 84.4 Å². The highest BCUT2D eigenvalue weighted by atomic mass is 16.5. The maximum atomic E-state index is 9.79. The summed E-state index contributed by atoms with van der Waals surface area (Å²) in [6.45, 7) is 2.29. The lowest BCUT2D eigenvalue weighted by Crippen LogP contribution is -2.42. The number of para-hydroxylation sites is 1. The molecule has 1 saturated heterocycles. The molecular weight excluding hydrogens is 400 g/mol. The van der Waals surface area contributed by atoms with E-state index >= 15 is 0 Å². The Morgan fingerprint density at radius 3 is 2.78 bits per heavy atom. The summed E-state index contributed by atoms with van der Waals surface area (Å²) in [5.41, 5.74) is 5.85. The summed E-state index contributed by atoms with van der Waals surface area (Å²) < 4.78 is 5.59. The molecule has 1 aromatic heterocycles.